The average Bonchev–Trinajstić information content (AvgIpc) is 3.10. The predicted molar refractivity (Wildman–Crippen MR) is 96.2 cm³/mol. The molecule has 128 valence electrons. The minimum atomic E-state index is 0.0695. The number of hydrogen-bond acceptors (Lipinski definition) is 5. The molecule has 0 unspecified atom stereocenters. The Labute approximate surface area is 146 Å². The first kappa shape index (κ1) is 15.6. The highest BCUT2D eigenvalue weighted by molar-refractivity contribution is 5.44. The van der Waals surface area contributed by atoms with E-state index < -0.39 is 0 Å². The van der Waals surface area contributed by atoms with Gasteiger partial charge in [0.2, 0.25) is 5.95 Å². The number of anilines is 1. The van der Waals surface area contributed by atoms with Crippen LogP contribution in [0.2, 0.25) is 0 Å². The summed E-state index contributed by atoms with van der Waals surface area (Å²) < 4.78 is 7.31. The number of nitrogens with one attached hydrogen (secondary N) is 1. The molecular weight excluding hydrogens is 314 g/mol. The van der Waals surface area contributed by atoms with Crippen molar-refractivity contribution in [3.63, 3.8) is 0 Å². The number of hydrogen-bond donors (Lipinski definition) is 1. The summed E-state index contributed by atoms with van der Waals surface area (Å²) in [4.78, 5) is 0. The van der Waals surface area contributed by atoms with E-state index in [2.05, 4.69) is 33.0 Å². The van der Waals surface area contributed by atoms with Gasteiger partial charge >= 0.3 is 0 Å². The standard InChI is InChI=1S/C19H21N5O/c1-25-17-11-6-5-10-16(17)19(12-7-13-19)14-20-18-21-22-23-24(18)15-8-3-2-4-9-15/h2-6,8-11H,7,12-14H2,1H3,(H,20,21,23). The molecule has 1 saturated carbocycles. The summed E-state index contributed by atoms with van der Waals surface area (Å²) in [7, 11) is 1.73. The van der Waals surface area contributed by atoms with Crippen LogP contribution < -0.4 is 10.1 Å². The third kappa shape index (κ3) is 2.84. The van der Waals surface area contributed by atoms with Crippen LogP contribution in [0.4, 0.5) is 5.95 Å². The fraction of sp³-hybridized carbons (Fsp3) is 0.316. The van der Waals surface area contributed by atoms with Gasteiger partial charge in [0, 0.05) is 17.5 Å². The second-order valence-electron chi connectivity index (χ2n) is 6.44. The van der Waals surface area contributed by atoms with Crippen molar-refractivity contribution in [2.24, 2.45) is 0 Å². The lowest BCUT2D eigenvalue weighted by atomic mass is 9.64. The molecule has 25 heavy (non-hydrogen) atoms. The number of methoxy groups -OCH3 is 1. The third-order valence-corrected chi connectivity index (χ3v) is 5.04. The lowest BCUT2D eigenvalue weighted by molar-refractivity contribution is 0.249. The van der Waals surface area contributed by atoms with Crippen molar-refractivity contribution in [2.75, 3.05) is 19.0 Å². The van der Waals surface area contributed by atoms with Crippen LogP contribution in [0.3, 0.4) is 0 Å². The molecule has 1 aliphatic carbocycles. The molecule has 1 aromatic heterocycles. The largest absolute Gasteiger partial charge is 0.496 e. The monoisotopic (exact) mass is 335 g/mol. The summed E-state index contributed by atoms with van der Waals surface area (Å²) in [6.07, 6.45) is 3.49. The van der Waals surface area contributed by atoms with E-state index in [1.54, 1.807) is 11.8 Å². The molecule has 1 heterocycles. The Morgan fingerprint density at radius 1 is 1.08 bits per heavy atom. The van der Waals surface area contributed by atoms with Gasteiger partial charge in [-0.15, -0.1) is 0 Å². The molecule has 6 nitrogen and oxygen atoms in total. The van der Waals surface area contributed by atoms with Crippen molar-refractivity contribution >= 4 is 5.95 Å². The van der Waals surface area contributed by atoms with Gasteiger partial charge in [0.15, 0.2) is 0 Å². The summed E-state index contributed by atoms with van der Waals surface area (Å²) in [5.74, 6) is 1.61. The molecule has 0 spiro atoms. The van der Waals surface area contributed by atoms with Crippen LogP contribution in [-0.4, -0.2) is 33.9 Å². The zero-order chi connectivity index (χ0) is 17.1. The summed E-state index contributed by atoms with van der Waals surface area (Å²) in [6.45, 7) is 0.778. The van der Waals surface area contributed by atoms with Gasteiger partial charge in [0.05, 0.1) is 12.8 Å². The molecule has 0 aliphatic heterocycles. The summed E-state index contributed by atoms with van der Waals surface area (Å²) >= 11 is 0. The number of tetrazole rings is 1. The van der Waals surface area contributed by atoms with Gasteiger partial charge < -0.3 is 10.1 Å². The molecule has 0 saturated heterocycles. The summed E-state index contributed by atoms with van der Waals surface area (Å²) in [5.41, 5.74) is 2.27. The lowest BCUT2D eigenvalue weighted by Gasteiger charge is -2.43. The molecule has 0 bridgehead atoms. The van der Waals surface area contributed by atoms with E-state index in [4.69, 9.17) is 4.74 Å². The maximum atomic E-state index is 5.58. The Balaban J connectivity index is 1.58. The molecule has 6 heteroatoms. The van der Waals surface area contributed by atoms with E-state index in [-0.39, 0.29) is 5.41 Å². The van der Waals surface area contributed by atoms with Gasteiger partial charge in [-0.1, -0.05) is 47.9 Å². The van der Waals surface area contributed by atoms with Crippen LogP contribution in [0.1, 0.15) is 24.8 Å². The Bertz CT molecular complexity index is 842. The molecular formula is C19H21N5O. The van der Waals surface area contributed by atoms with Crippen LogP contribution >= 0.6 is 0 Å². The maximum Gasteiger partial charge on any atom is 0.247 e. The second kappa shape index (κ2) is 6.55. The van der Waals surface area contributed by atoms with E-state index in [1.165, 1.54) is 12.0 Å². The van der Waals surface area contributed by atoms with Gasteiger partial charge in [-0.3, -0.25) is 0 Å². The molecule has 0 radical (unpaired) electrons. The quantitative estimate of drug-likeness (QED) is 0.749. The van der Waals surface area contributed by atoms with Crippen molar-refractivity contribution in [3.8, 4) is 11.4 Å². The Morgan fingerprint density at radius 3 is 2.56 bits per heavy atom. The minimum Gasteiger partial charge on any atom is -0.496 e. The zero-order valence-corrected chi connectivity index (χ0v) is 14.2. The topological polar surface area (TPSA) is 64.9 Å². The van der Waals surface area contributed by atoms with E-state index >= 15 is 0 Å². The Morgan fingerprint density at radius 2 is 1.84 bits per heavy atom. The molecule has 4 rings (SSSR count). The first-order chi connectivity index (χ1) is 12.3. The number of ether oxygens (including phenoxy) is 1. The fourth-order valence-electron chi connectivity index (χ4n) is 3.52. The average molecular weight is 335 g/mol. The Hall–Kier alpha value is -2.89. The van der Waals surface area contributed by atoms with Crippen molar-refractivity contribution in [2.45, 2.75) is 24.7 Å². The van der Waals surface area contributed by atoms with Gasteiger partial charge in [-0.05, 0) is 41.5 Å². The van der Waals surface area contributed by atoms with Crippen LogP contribution in [0.15, 0.2) is 54.6 Å². The molecule has 1 aliphatic rings. The zero-order valence-electron chi connectivity index (χ0n) is 14.2. The first-order valence-corrected chi connectivity index (χ1v) is 8.54. The molecule has 0 atom stereocenters. The molecule has 1 N–H and O–H groups in total. The van der Waals surface area contributed by atoms with E-state index in [9.17, 15) is 0 Å². The molecule has 0 amide bonds. The van der Waals surface area contributed by atoms with Crippen LogP contribution in [0.5, 0.6) is 5.75 Å². The second-order valence-corrected chi connectivity index (χ2v) is 6.44. The normalized spacial score (nSPS) is 15.4. The van der Waals surface area contributed by atoms with Crippen molar-refractivity contribution in [1.82, 2.24) is 20.2 Å². The number of aromatic nitrogens is 4. The molecule has 2 aromatic carbocycles. The van der Waals surface area contributed by atoms with Gasteiger partial charge in [-0.25, -0.2) is 0 Å². The predicted octanol–water partition coefficient (Wildman–Crippen LogP) is 3.20. The van der Waals surface area contributed by atoms with E-state index in [0.29, 0.717) is 5.95 Å². The molecule has 3 aromatic rings. The first-order valence-electron chi connectivity index (χ1n) is 8.54. The SMILES string of the molecule is COc1ccccc1C1(CNc2nnnn2-c2ccccc2)CCC1. The third-order valence-electron chi connectivity index (χ3n) is 5.04. The number of rotatable bonds is 6. The fourth-order valence-corrected chi connectivity index (χ4v) is 3.52. The maximum absolute atomic E-state index is 5.58. The van der Waals surface area contributed by atoms with Gasteiger partial charge in [0.1, 0.15) is 5.75 Å². The van der Waals surface area contributed by atoms with E-state index in [0.717, 1.165) is 30.8 Å². The van der Waals surface area contributed by atoms with Gasteiger partial charge in [0.25, 0.3) is 0 Å². The van der Waals surface area contributed by atoms with Crippen LogP contribution in [0, 0.1) is 0 Å². The van der Waals surface area contributed by atoms with Crippen LogP contribution in [-0.2, 0) is 5.41 Å². The number of benzene rings is 2. The highest BCUT2D eigenvalue weighted by Gasteiger charge is 2.40. The molecule has 1 fully saturated rings. The van der Waals surface area contributed by atoms with Crippen molar-refractivity contribution in [3.05, 3.63) is 60.2 Å². The summed E-state index contributed by atoms with van der Waals surface area (Å²) in [5, 5.41) is 15.5. The minimum absolute atomic E-state index is 0.0695. The smallest absolute Gasteiger partial charge is 0.247 e. The summed E-state index contributed by atoms with van der Waals surface area (Å²) in [6, 6.07) is 18.2. The van der Waals surface area contributed by atoms with E-state index in [1.807, 2.05) is 42.5 Å². The number of nitrogens with zero attached hydrogens (tertiary/aromatic N) is 4. The lowest BCUT2D eigenvalue weighted by Crippen LogP contribution is -2.41. The Kier molecular flexibility index (Phi) is 4.09. The van der Waals surface area contributed by atoms with Crippen molar-refractivity contribution in [1.29, 1.82) is 0 Å². The number of para-hydroxylation sites is 2. The highest BCUT2D eigenvalue weighted by atomic mass is 16.5. The highest BCUT2D eigenvalue weighted by Crippen LogP contribution is 2.47. The van der Waals surface area contributed by atoms with Crippen molar-refractivity contribution < 1.29 is 4.74 Å². The van der Waals surface area contributed by atoms with Crippen LogP contribution in [0.25, 0.3) is 5.69 Å². The van der Waals surface area contributed by atoms with Gasteiger partial charge in [-0.2, -0.15) is 4.68 Å².